The minimum atomic E-state index is 0.773. The number of rotatable bonds is 4. The summed E-state index contributed by atoms with van der Waals surface area (Å²) in [6.45, 7) is 7.39. The highest BCUT2D eigenvalue weighted by atomic mass is 15.3. The SMILES string of the molecule is CCC(C)N1CC(C2CC2)NCC1C1CCCCC1. The minimum absolute atomic E-state index is 0.773. The lowest BCUT2D eigenvalue weighted by Crippen LogP contribution is -2.61. The summed E-state index contributed by atoms with van der Waals surface area (Å²) < 4.78 is 0. The number of hydrogen-bond acceptors (Lipinski definition) is 2. The van der Waals surface area contributed by atoms with Gasteiger partial charge < -0.3 is 5.32 Å². The van der Waals surface area contributed by atoms with Crippen LogP contribution in [-0.2, 0) is 0 Å². The first-order valence-corrected chi connectivity index (χ1v) is 8.78. The molecule has 0 aromatic heterocycles. The number of piperazine rings is 1. The van der Waals surface area contributed by atoms with Gasteiger partial charge in [-0.2, -0.15) is 0 Å². The largest absolute Gasteiger partial charge is 0.311 e. The van der Waals surface area contributed by atoms with Crippen LogP contribution in [0.2, 0.25) is 0 Å². The third-order valence-electron chi connectivity index (χ3n) is 5.96. The van der Waals surface area contributed by atoms with E-state index in [0.717, 1.165) is 30.0 Å². The summed E-state index contributed by atoms with van der Waals surface area (Å²) in [4.78, 5) is 2.88. The maximum Gasteiger partial charge on any atom is 0.0252 e. The van der Waals surface area contributed by atoms with E-state index < -0.39 is 0 Å². The van der Waals surface area contributed by atoms with Gasteiger partial charge in [0.2, 0.25) is 0 Å². The minimum Gasteiger partial charge on any atom is -0.311 e. The summed E-state index contributed by atoms with van der Waals surface area (Å²) in [5.41, 5.74) is 0. The van der Waals surface area contributed by atoms with Crippen molar-refractivity contribution in [3.63, 3.8) is 0 Å². The Morgan fingerprint density at radius 3 is 2.42 bits per heavy atom. The van der Waals surface area contributed by atoms with Crippen molar-refractivity contribution >= 4 is 0 Å². The zero-order valence-corrected chi connectivity index (χ0v) is 12.9. The van der Waals surface area contributed by atoms with Crippen molar-refractivity contribution in [2.24, 2.45) is 11.8 Å². The molecule has 0 spiro atoms. The molecule has 2 heteroatoms. The quantitative estimate of drug-likeness (QED) is 0.837. The number of nitrogens with zero attached hydrogens (tertiary/aromatic N) is 1. The molecule has 0 radical (unpaired) electrons. The van der Waals surface area contributed by atoms with Gasteiger partial charge in [-0.25, -0.2) is 0 Å². The van der Waals surface area contributed by atoms with Crippen LogP contribution >= 0.6 is 0 Å². The van der Waals surface area contributed by atoms with Crippen molar-refractivity contribution in [2.45, 2.75) is 83.3 Å². The molecule has 1 saturated heterocycles. The highest BCUT2D eigenvalue weighted by Gasteiger charge is 2.40. The van der Waals surface area contributed by atoms with Crippen LogP contribution < -0.4 is 5.32 Å². The highest BCUT2D eigenvalue weighted by molar-refractivity contribution is 4.97. The Morgan fingerprint density at radius 2 is 1.79 bits per heavy atom. The molecule has 1 heterocycles. The summed E-state index contributed by atoms with van der Waals surface area (Å²) >= 11 is 0. The van der Waals surface area contributed by atoms with E-state index >= 15 is 0 Å². The fourth-order valence-corrected chi connectivity index (χ4v) is 4.33. The molecule has 3 aliphatic rings. The van der Waals surface area contributed by atoms with E-state index in [1.165, 1.54) is 64.5 Å². The summed E-state index contributed by atoms with van der Waals surface area (Å²) in [5, 5.41) is 3.90. The van der Waals surface area contributed by atoms with Gasteiger partial charge in [0.1, 0.15) is 0 Å². The molecule has 2 saturated carbocycles. The second-order valence-corrected chi connectivity index (χ2v) is 7.27. The Bertz CT molecular complexity index is 281. The van der Waals surface area contributed by atoms with Crippen LogP contribution in [-0.4, -0.2) is 36.1 Å². The fourth-order valence-electron chi connectivity index (χ4n) is 4.33. The zero-order valence-electron chi connectivity index (χ0n) is 12.9. The molecule has 0 bridgehead atoms. The first kappa shape index (κ1) is 13.9. The average Bonchev–Trinajstić information content (AvgIpc) is 3.31. The Labute approximate surface area is 119 Å². The third-order valence-corrected chi connectivity index (χ3v) is 5.96. The Morgan fingerprint density at radius 1 is 1.05 bits per heavy atom. The van der Waals surface area contributed by atoms with Gasteiger partial charge in [0.15, 0.2) is 0 Å². The molecule has 2 nitrogen and oxygen atoms in total. The normalized spacial score (nSPS) is 36.3. The van der Waals surface area contributed by atoms with Gasteiger partial charge in [-0.3, -0.25) is 4.90 Å². The Balaban J connectivity index is 1.66. The van der Waals surface area contributed by atoms with Crippen LogP contribution in [0.3, 0.4) is 0 Å². The summed E-state index contributed by atoms with van der Waals surface area (Å²) in [6, 6.07) is 2.40. The molecule has 19 heavy (non-hydrogen) atoms. The summed E-state index contributed by atoms with van der Waals surface area (Å²) in [7, 11) is 0. The van der Waals surface area contributed by atoms with E-state index in [2.05, 4.69) is 24.1 Å². The lowest BCUT2D eigenvalue weighted by Gasteiger charge is -2.48. The van der Waals surface area contributed by atoms with Crippen molar-refractivity contribution < 1.29 is 0 Å². The molecule has 1 N–H and O–H groups in total. The summed E-state index contributed by atoms with van der Waals surface area (Å²) in [5.74, 6) is 1.97. The van der Waals surface area contributed by atoms with Gasteiger partial charge in [0.05, 0.1) is 0 Å². The van der Waals surface area contributed by atoms with Crippen LogP contribution in [0.5, 0.6) is 0 Å². The smallest absolute Gasteiger partial charge is 0.0252 e. The molecule has 1 aliphatic heterocycles. The molecule has 0 amide bonds. The Kier molecular flexibility index (Phi) is 4.48. The van der Waals surface area contributed by atoms with Crippen LogP contribution in [0.25, 0.3) is 0 Å². The second kappa shape index (κ2) is 6.13. The summed E-state index contributed by atoms with van der Waals surface area (Å²) in [6.07, 6.45) is 11.6. The highest BCUT2D eigenvalue weighted by Crippen LogP contribution is 2.37. The molecule has 3 atom stereocenters. The third kappa shape index (κ3) is 3.16. The molecule has 110 valence electrons. The van der Waals surface area contributed by atoms with E-state index in [-0.39, 0.29) is 0 Å². The molecular formula is C17H32N2. The van der Waals surface area contributed by atoms with Crippen molar-refractivity contribution in [1.82, 2.24) is 10.2 Å². The zero-order chi connectivity index (χ0) is 13.2. The van der Waals surface area contributed by atoms with Gasteiger partial charge >= 0.3 is 0 Å². The maximum absolute atomic E-state index is 3.90. The topological polar surface area (TPSA) is 15.3 Å². The Hall–Kier alpha value is -0.0800. The van der Waals surface area contributed by atoms with Crippen LogP contribution in [0.1, 0.15) is 65.2 Å². The molecule has 0 aromatic rings. The molecule has 0 aromatic carbocycles. The number of hydrogen-bond donors (Lipinski definition) is 1. The maximum atomic E-state index is 3.90. The van der Waals surface area contributed by atoms with Gasteiger partial charge in [0.25, 0.3) is 0 Å². The lowest BCUT2D eigenvalue weighted by atomic mass is 9.81. The molecule has 3 fully saturated rings. The van der Waals surface area contributed by atoms with Crippen molar-refractivity contribution in [1.29, 1.82) is 0 Å². The monoisotopic (exact) mass is 264 g/mol. The average molecular weight is 264 g/mol. The standard InChI is InChI=1S/C17H32N2/c1-3-13(2)19-12-16(14-9-10-14)18-11-17(19)15-7-5-4-6-8-15/h13-18H,3-12H2,1-2H3. The van der Waals surface area contributed by atoms with Gasteiger partial charge in [-0.1, -0.05) is 26.2 Å². The van der Waals surface area contributed by atoms with E-state index in [1.54, 1.807) is 0 Å². The second-order valence-electron chi connectivity index (χ2n) is 7.27. The van der Waals surface area contributed by atoms with E-state index in [9.17, 15) is 0 Å². The van der Waals surface area contributed by atoms with E-state index in [1.807, 2.05) is 0 Å². The molecule has 2 aliphatic carbocycles. The fraction of sp³-hybridized carbons (Fsp3) is 1.00. The van der Waals surface area contributed by atoms with Gasteiger partial charge in [-0.05, 0) is 50.9 Å². The van der Waals surface area contributed by atoms with Crippen LogP contribution in [0.15, 0.2) is 0 Å². The van der Waals surface area contributed by atoms with E-state index in [0.29, 0.717) is 0 Å². The van der Waals surface area contributed by atoms with Crippen molar-refractivity contribution in [3.05, 3.63) is 0 Å². The van der Waals surface area contributed by atoms with Gasteiger partial charge in [-0.15, -0.1) is 0 Å². The van der Waals surface area contributed by atoms with E-state index in [4.69, 9.17) is 0 Å². The first-order valence-electron chi connectivity index (χ1n) is 8.78. The molecule has 3 unspecified atom stereocenters. The van der Waals surface area contributed by atoms with Crippen molar-refractivity contribution in [2.75, 3.05) is 13.1 Å². The van der Waals surface area contributed by atoms with Crippen LogP contribution in [0.4, 0.5) is 0 Å². The first-order chi connectivity index (χ1) is 9.29. The number of nitrogens with one attached hydrogen (secondary N) is 1. The lowest BCUT2D eigenvalue weighted by molar-refractivity contribution is 0.0357. The van der Waals surface area contributed by atoms with Crippen LogP contribution in [0, 0.1) is 11.8 Å². The van der Waals surface area contributed by atoms with Gasteiger partial charge in [0, 0.05) is 31.2 Å². The predicted molar refractivity (Wildman–Crippen MR) is 81.3 cm³/mol. The predicted octanol–water partition coefficient (Wildman–Crippen LogP) is 3.42. The van der Waals surface area contributed by atoms with Crippen molar-refractivity contribution in [3.8, 4) is 0 Å². The molecular weight excluding hydrogens is 232 g/mol. The molecule has 3 rings (SSSR count).